The molecule has 2 aliphatic heterocycles. The molecule has 8 nitrogen and oxygen atoms in total. The minimum atomic E-state index is -0.951. The summed E-state index contributed by atoms with van der Waals surface area (Å²) >= 11 is 5.87. The first-order valence-corrected chi connectivity index (χ1v) is 13.8. The van der Waals surface area contributed by atoms with Crippen LogP contribution in [0.2, 0.25) is 5.02 Å². The van der Waals surface area contributed by atoms with Crippen molar-refractivity contribution in [2.24, 2.45) is 0 Å². The standard InChI is InChI=1S/C30H29ClFN5O3/c31-22-4-1-19(25(32)16-22)2-5-23-7-11-33-29(34-23)20-8-12-36(13-9-20)18-28-35-26-6-3-21(30(38)39)15-27(26)37(28)17-24-10-14-40-24/h1,3-4,6-8,11,15-16,24H,2,5,9-10,12-14,17-18H2,(H,38,39)/t24-/m0/s1. The van der Waals surface area contributed by atoms with Crippen LogP contribution < -0.4 is 0 Å². The Bertz CT molecular complexity index is 1600. The molecule has 2 aromatic carbocycles. The molecule has 6 rings (SSSR count). The second kappa shape index (κ2) is 11.4. The first-order chi connectivity index (χ1) is 19.4. The lowest BCUT2D eigenvalue weighted by Gasteiger charge is -2.29. The highest BCUT2D eigenvalue weighted by atomic mass is 35.5. The molecule has 0 bridgehead atoms. The second-order valence-corrected chi connectivity index (χ2v) is 10.7. The van der Waals surface area contributed by atoms with E-state index in [1.807, 2.05) is 6.07 Å². The van der Waals surface area contributed by atoms with Gasteiger partial charge in [-0.2, -0.15) is 0 Å². The normalized spacial score (nSPS) is 17.6. The SMILES string of the molecule is O=C(O)c1ccc2nc(CN3CC=C(c4nccc(CCc5ccc(Cl)cc5F)n4)CC3)n(C[C@@H]3CCO3)c2c1. The number of rotatable bonds is 9. The Labute approximate surface area is 236 Å². The van der Waals surface area contributed by atoms with Gasteiger partial charge in [0.1, 0.15) is 11.6 Å². The van der Waals surface area contributed by atoms with E-state index in [0.717, 1.165) is 60.7 Å². The largest absolute Gasteiger partial charge is 0.478 e. The van der Waals surface area contributed by atoms with E-state index >= 15 is 0 Å². The van der Waals surface area contributed by atoms with Crippen molar-refractivity contribution in [2.45, 2.75) is 44.9 Å². The quantitative estimate of drug-likeness (QED) is 0.301. The highest BCUT2D eigenvalue weighted by Crippen LogP contribution is 2.25. The van der Waals surface area contributed by atoms with Crippen LogP contribution in [0.15, 0.2) is 54.7 Å². The van der Waals surface area contributed by atoms with Gasteiger partial charge >= 0.3 is 5.97 Å². The lowest BCUT2D eigenvalue weighted by molar-refractivity contribution is -0.0591. The minimum Gasteiger partial charge on any atom is -0.478 e. The van der Waals surface area contributed by atoms with Crippen LogP contribution in [0.1, 0.15) is 46.1 Å². The van der Waals surface area contributed by atoms with E-state index in [1.165, 1.54) is 6.07 Å². The Kier molecular flexibility index (Phi) is 7.60. The summed E-state index contributed by atoms with van der Waals surface area (Å²) in [6, 6.07) is 11.7. The summed E-state index contributed by atoms with van der Waals surface area (Å²) in [5.74, 6) is 0.364. The van der Waals surface area contributed by atoms with E-state index in [4.69, 9.17) is 26.3 Å². The number of hydrogen-bond donors (Lipinski definition) is 1. The van der Waals surface area contributed by atoms with Crippen LogP contribution >= 0.6 is 11.6 Å². The molecular weight excluding hydrogens is 533 g/mol. The molecule has 2 aliphatic rings. The first-order valence-electron chi connectivity index (χ1n) is 13.4. The number of nitrogens with zero attached hydrogens (tertiary/aromatic N) is 5. The molecular formula is C30H29ClFN5O3. The van der Waals surface area contributed by atoms with Crippen LogP contribution in [0.4, 0.5) is 4.39 Å². The molecule has 40 heavy (non-hydrogen) atoms. The third kappa shape index (κ3) is 5.77. The predicted molar refractivity (Wildman–Crippen MR) is 150 cm³/mol. The van der Waals surface area contributed by atoms with Crippen molar-refractivity contribution in [3.05, 3.63) is 94.0 Å². The lowest BCUT2D eigenvalue weighted by atomic mass is 10.1. The van der Waals surface area contributed by atoms with Gasteiger partial charge in [-0.1, -0.05) is 23.7 Å². The summed E-state index contributed by atoms with van der Waals surface area (Å²) < 4.78 is 22.0. The van der Waals surface area contributed by atoms with Crippen molar-refractivity contribution in [3.8, 4) is 0 Å². The van der Waals surface area contributed by atoms with Gasteiger partial charge in [-0.05, 0) is 73.2 Å². The molecule has 0 spiro atoms. The average molecular weight is 562 g/mol. The molecule has 0 aliphatic carbocycles. The van der Waals surface area contributed by atoms with Gasteiger partial charge in [-0.3, -0.25) is 4.90 Å². The van der Waals surface area contributed by atoms with Crippen molar-refractivity contribution >= 4 is 34.2 Å². The maximum atomic E-state index is 14.2. The number of fused-ring (bicyclic) bond motifs is 1. The summed E-state index contributed by atoms with van der Waals surface area (Å²) in [6.07, 6.45) is 6.97. The molecule has 0 unspecified atom stereocenters. The minimum absolute atomic E-state index is 0.123. The molecule has 206 valence electrons. The molecule has 1 atom stereocenters. The van der Waals surface area contributed by atoms with Crippen LogP contribution in [0, 0.1) is 5.82 Å². The van der Waals surface area contributed by atoms with Crippen LogP contribution in [0.3, 0.4) is 0 Å². The van der Waals surface area contributed by atoms with Gasteiger partial charge in [0.05, 0.1) is 35.8 Å². The summed E-state index contributed by atoms with van der Waals surface area (Å²) in [4.78, 5) is 28.0. The number of aromatic carboxylic acids is 1. The average Bonchev–Trinajstić information content (AvgIpc) is 3.26. The van der Waals surface area contributed by atoms with Gasteiger partial charge in [0.2, 0.25) is 0 Å². The third-order valence-electron chi connectivity index (χ3n) is 7.58. The number of aromatic nitrogens is 4. The second-order valence-electron chi connectivity index (χ2n) is 10.3. The zero-order valence-corrected chi connectivity index (χ0v) is 22.6. The van der Waals surface area contributed by atoms with Gasteiger partial charge in [0.15, 0.2) is 5.82 Å². The Hall–Kier alpha value is -3.66. The summed E-state index contributed by atoms with van der Waals surface area (Å²) in [5, 5.41) is 9.87. The van der Waals surface area contributed by atoms with Gasteiger partial charge in [-0.15, -0.1) is 0 Å². The summed E-state index contributed by atoms with van der Waals surface area (Å²) in [6.45, 7) is 3.60. The number of benzene rings is 2. The van der Waals surface area contributed by atoms with Crippen molar-refractivity contribution in [2.75, 3.05) is 19.7 Å². The van der Waals surface area contributed by atoms with Gasteiger partial charge < -0.3 is 14.4 Å². The maximum absolute atomic E-state index is 14.2. The topological polar surface area (TPSA) is 93.4 Å². The molecule has 0 radical (unpaired) electrons. The maximum Gasteiger partial charge on any atom is 0.335 e. The number of carbonyl (C=O) groups is 1. The zero-order valence-electron chi connectivity index (χ0n) is 21.9. The van der Waals surface area contributed by atoms with Crippen LogP contribution in [0.25, 0.3) is 16.6 Å². The first kappa shape index (κ1) is 26.6. The molecule has 10 heteroatoms. The molecule has 0 amide bonds. The molecule has 1 saturated heterocycles. The van der Waals surface area contributed by atoms with E-state index in [1.54, 1.807) is 36.5 Å². The molecule has 4 aromatic rings. The number of imidazole rings is 1. The Morgan fingerprint density at radius 2 is 2.02 bits per heavy atom. The monoisotopic (exact) mass is 561 g/mol. The molecule has 2 aromatic heterocycles. The number of carboxylic acids is 1. The molecule has 4 heterocycles. The fourth-order valence-electron chi connectivity index (χ4n) is 5.20. The number of hydrogen-bond acceptors (Lipinski definition) is 6. The molecule has 0 saturated carbocycles. The molecule has 1 N–H and O–H groups in total. The van der Waals surface area contributed by atoms with Crippen LogP contribution in [0.5, 0.6) is 0 Å². The fraction of sp³-hybridized carbons (Fsp3) is 0.333. The van der Waals surface area contributed by atoms with Crippen molar-refractivity contribution < 1.29 is 19.0 Å². The fourth-order valence-corrected chi connectivity index (χ4v) is 5.36. The van der Waals surface area contributed by atoms with E-state index in [-0.39, 0.29) is 17.5 Å². The van der Waals surface area contributed by atoms with E-state index in [0.29, 0.717) is 42.3 Å². The number of halogens is 2. The number of ether oxygens (including phenoxy) is 1. The summed E-state index contributed by atoms with van der Waals surface area (Å²) in [5.41, 5.74) is 4.44. The van der Waals surface area contributed by atoms with E-state index in [9.17, 15) is 14.3 Å². The third-order valence-corrected chi connectivity index (χ3v) is 7.81. The van der Waals surface area contributed by atoms with Crippen LogP contribution in [-0.2, 0) is 30.7 Å². The highest BCUT2D eigenvalue weighted by Gasteiger charge is 2.24. The van der Waals surface area contributed by atoms with Gasteiger partial charge in [0, 0.05) is 36.6 Å². The van der Waals surface area contributed by atoms with Crippen molar-refractivity contribution in [3.63, 3.8) is 0 Å². The number of aryl methyl sites for hydroxylation is 2. The van der Waals surface area contributed by atoms with Crippen molar-refractivity contribution in [1.29, 1.82) is 0 Å². The lowest BCUT2D eigenvalue weighted by Crippen LogP contribution is -2.33. The molecule has 1 fully saturated rings. The van der Waals surface area contributed by atoms with Crippen LogP contribution in [-0.4, -0.2) is 61.3 Å². The van der Waals surface area contributed by atoms with Gasteiger partial charge in [-0.25, -0.2) is 24.1 Å². The number of carboxylic acid groups (broad SMARTS) is 1. The Balaban J connectivity index is 1.15. The predicted octanol–water partition coefficient (Wildman–Crippen LogP) is 5.18. The zero-order chi connectivity index (χ0) is 27.6. The van der Waals surface area contributed by atoms with Crippen molar-refractivity contribution in [1.82, 2.24) is 24.4 Å². The smallest absolute Gasteiger partial charge is 0.335 e. The Morgan fingerprint density at radius 1 is 1.15 bits per heavy atom. The highest BCUT2D eigenvalue weighted by molar-refractivity contribution is 6.30. The van der Waals surface area contributed by atoms with E-state index in [2.05, 4.69) is 20.5 Å². The Morgan fingerprint density at radius 3 is 2.75 bits per heavy atom. The van der Waals surface area contributed by atoms with E-state index < -0.39 is 5.97 Å². The summed E-state index contributed by atoms with van der Waals surface area (Å²) in [7, 11) is 0. The van der Waals surface area contributed by atoms with Gasteiger partial charge in [0.25, 0.3) is 0 Å².